The Kier molecular flexibility index (Phi) is 8.57. The van der Waals surface area contributed by atoms with Gasteiger partial charge in [0.2, 0.25) is 10.0 Å². The zero-order valence-corrected chi connectivity index (χ0v) is 20.3. The summed E-state index contributed by atoms with van der Waals surface area (Å²) in [4.78, 5) is 0.248. The van der Waals surface area contributed by atoms with Crippen LogP contribution in [0.15, 0.2) is 53.4 Å². The Morgan fingerprint density at radius 3 is 2.38 bits per heavy atom. The first-order valence-electron chi connectivity index (χ1n) is 11.5. The van der Waals surface area contributed by atoms with Crippen molar-refractivity contribution >= 4 is 21.4 Å². The van der Waals surface area contributed by atoms with Crippen molar-refractivity contribution in [2.45, 2.75) is 76.0 Å². The highest BCUT2D eigenvalue weighted by molar-refractivity contribution is 7.89. The molecule has 176 valence electrons. The van der Waals surface area contributed by atoms with Crippen molar-refractivity contribution in [3.63, 3.8) is 0 Å². The van der Waals surface area contributed by atoms with Crippen LogP contribution in [0.1, 0.15) is 58.4 Å². The number of benzene rings is 2. The van der Waals surface area contributed by atoms with Gasteiger partial charge in [-0.15, -0.1) is 0 Å². The van der Waals surface area contributed by atoms with Gasteiger partial charge in [-0.25, -0.2) is 13.1 Å². The quantitative estimate of drug-likeness (QED) is 0.429. The van der Waals surface area contributed by atoms with E-state index >= 15 is 0 Å². The first-order chi connectivity index (χ1) is 15.2. The molecule has 1 aliphatic carbocycles. The second kappa shape index (κ2) is 11.2. The predicted octanol–water partition coefficient (Wildman–Crippen LogP) is 5.14. The SMILES string of the molecule is CC(C)(C)OCCNS(=O)(=O)c1ccc(NC2CCCCC2)c(NCc2ccccc2)c1. The van der Waals surface area contributed by atoms with E-state index in [1.165, 1.54) is 19.3 Å². The lowest BCUT2D eigenvalue weighted by Crippen LogP contribution is -2.30. The molecule has 2 aromatic carbocycles. The van der Waals surface area contributed by atoms with Crippen molar-refractivity contribution < 1.29 is 13.2 Å². The summed E-state index contributed by atoms with van der Waals surface area (Å²) >= 11 is 0. The molecule has 7 heteroatoms. The number of hydrogen-bond donors (Lipinski definition) is 3. The molecule has 1 fully saturated rings. The van der Waals surface area contributed by atoms with Gasteiger partial charge in [-0.3, -0.25) is 0 Å². The van der Waals surface area contributed by atoms with Gasteiger partial charge in [-0.05, 0) is 57.4 Å². The molecule has 0 spiro atoms. The normalized spacial score (nSPS) is 15.5. The minimum atomic E-state index is -3.63. The van der Waals surface area contributed by atoms with Crippen LogP contribution < -0.4 is 15.4 Å². The van der Waals surface area contributed by atoms with Gasteiger partial charge >= 0.3 is 0 Å². The van der Waals surface area contributed by atoms with E-state index in [-0.39, 0.29) is 17.0 Å². The predicted molar refractivity (Wildman–Crippen MR) is 132 cm³/mol. The second-order valence-corrected chi connectivity index (χ2v) is 11.2. The van der Waals surface area contributed by atoms with Gasteiger partial charge in [-0.2, -0.15) is 0 Å². The van der Waals surface area contributed by atoms with Crippen LogP contribution in [0.5, 0.6) is 0 Å². The summed E-state index contributed by atoms with van der Waals surface area (Å²) < 4.78 is 34.0. The van der Waals surface area contributed by atoms with Gasteiger partial charge in [0.15, 0.2) is 0 Å². The summed E-state index contributed by atoms with van der Waals surface area (Å²) in [5.41, 5.74) is 2.59. The second-order valence-electron chi connectivity index (χ2n) is 9.38. The van der Waals surface area contributed by atoms with Crippen molar-refractivity contribution in [1.29, 1.82) is 0 Å². The lowest BCUT2D eigenvalue weighted by atomic mass is 9.95. The first kappa shape index (κ1) is 24.6. The average molecular weight is 460 g/mol. The Labute approximate surface area is 193 Å². The minimum Gasteiger partial charge on any atom is -0.381 e. The Bertz CT molecular complexity index is 950. The molecule has 1 saturated carbocycles. The molecule has 6 nitrogen and oxygen atoms in total. The van der Waals surface area contributed by atoms with Crippen LogP contribution in [-0.2, 0) is 21.3 Å². The third-order valence-corrected chi connectivity index (χ3v) is 6.98. The average Bonchev–Trinajstić information content (AvgIpc) is 2.77. The van der Waals surface area contributed by atoms with E-state index in [1.54, 1.807) is 12.1 Å². The summed E-state index contributed by atoms with van der Waals surface area (Å²) in [5, 5.41) is 7.07. The third-order valence-electron chi connectivity index (χ3n) is 5.52. The first-order valence-corrected chi connectivity index (χ1v) is 13.0. The maximum Gasteiger partial charge on any atom is 0.240 e. The summed E-state index contributed by atoms with van der Waals surface area (Å²) in [6, 6.07) is 15.8. The molecule has 0 saturated heterocycles. The standard InChI is InChI=1S/C25H37N3O3S/c1-25(2,3)31-17-16-27-32(29,30)22-14-15-23(28-21-12-8-5-9-13-21)24(18-22)26-19-20-10-6-4-7-11-20/h4,6-7,10-11,14-15,18,21,26-28H,5,8-9,12-13,16-17,19H2,1-3H3. The van der Waals surface area contributed by atoms with Gasteiger partial charge in [0.1, 0.15) is 0 Å². The Balaban J connectivity index is 1.74. The molecule has 1 aliphatic rings. The zero-order valence-electron chi connectivity index (χ0n) is 19.5. The lowest BCUT2D eigenvalue weighted by Gasteiger charge is -2.26. The molecule has 0 atom stereocenters. The van der Waals surface area contributed by atoms with Crippen molar-refractivity contribution in [2.75, 3.05) is 23.8 Å². The molecule has 0 aliphatic heterocycles. The van der Waals surface area contributed by atoms with Crippen molar-refractivity contribution in [1.82, 2.24) is 4.72 Å². The fourth-order valence-electron chi connectivity index (χ4n) is 3.84. The van der Waals surface area contributed by atoms with E-state index in [1.807, 2.05) is 45.0 Å². The molecule has 0 unspecified atom stereocenters. The molecular weight excluding hydrogens is 422 g/mol. The van der Waals surface area contributed by atoms with Crippen LogP contribution >= 0.6 is 0 Å². The van der Waals surface area contributed by atoms with Gasteiger partial charge in [-0.1, -0.05) is 49.6 Å². The van der Waals surface area contributed by atoms with Crippen LogP contribution in [0, 0.1) is 0 Å². The summed E-state index contributed by atoms with van der Waals surface area (Å²) in [7, 11) is -3.63. The smallest absolute Gasteiger partial charge is 0.240 e. The number of rotatable bonds is 10. The molecule has 0 aromatic heterocycles. The van der Waals surface area contributed by atoms with E-state index in [9.17, 15) is 8.42 Å². The topological polar surface area (TPSA) is 79.5 Å². The lowest BCUT2D eigenvalue weighted by molar-refractivity contribution is 0.000789. The van der Waals surface area contributed by atoms with Crippen LogP contribution in [0.3, 0.4) is 0 Å². The molecule has 3 rings (SSSR count). The minimum absolute atomic E-state index is 0.231. The molecule has 0 amide bonds. The van der Waals surface area contributed by atoms with Gasteiger partial charge in [0.25, 0.3) is 0 Å². The van der Waals surface area contributed by atoms with Crippen LogP contribution in [0.25, 0.3) is 0 Å². The maximum absolute atomic E-state index is 12.9. The van der Waals surface area contributed by atoms with Crippen molar-refractivity contribution in [3.8, 4) is 0 Å². The molecule has 0 heterocycles. The molecule has 32 heavy (non-hydrogen) atoms. The number of sulfonamides is 1. The largest absolute Gasteiger partial charge is 0.381 e. The Morgan fingerprint density at radius 1 is 0.969 bits per heavy atom. The van der Waals surface area contributed by atoms with Crippen molar-refractivity contribution in [3.05, 3.63) is 54.1 Å². The third kappa shape index (κ3) is 7.80. The molecule has 0 radical (unpaired) electrons. The summed E-state index contributed by atoms with van der Waals surface area (Å²) in [6.45, 7) is 7.02. The van der Waals surface area contributed by atoms with Crippen LogP contribution in [-0.4, -0.2) is 33.2 Å². The van der Waals surface area contributed by atoms with Crippen LogP contribution in [0.4, 0.5) is 11.4 Å². The highest BCUT2D eigenvalue weighted by atomic mass is 32.2. The Morgan fingerprint density at radius 2 is 1.69 bits per heavy atom. The highest BCUT2D eigenvalue weighted by Gasteiger charge is 2.19. The van der Waals surface area contributed by atoms with E-state index in [0.29, 0.717) is 19.2 Å². The molecular formula is C25H37N3O3S. The fraction of sp³-hybridized carbons (Fsp3) is 0.520. The highest BCUT2D eigenvalue weighted by Crippen LogP contribution is 2.29. The van der Waals surface area contributed by atoms with Crippen LogP contribution in [0.2, 0.25) is 0 Å². The molecule has 3 N–H and O–H groups in total. The molecule has 0 bridgehead atoms. The van der Waals surface area contributed by atoms with E-state index in [4.69, 9.17) is 4.74 Å². The van der Waals surface area contributed by atoms with E-state index in [0.717, 1.165) is 29.8 Å². The monoisotopic (exact) mass is 459 g/mol. The number of nitrogens with one attached hydrogen (secondary N) is 3. The van der Waals surface area contributed by atoms with Gasteiger partial charge in [0.05, 0.1) is 28.5 Å². The summed E-state index contributed by atoms with van der Waals surface area (Å²) in [5.74, 6) is 0. The van der Waals surface area contributed by atoms with Crippen molar-refractivity contribution in [2.24, 2.45) is 0 Å². The van der Waals surface area contributed by atoms with Gasteiger partial charge < -0.3 is 15.4 Å². The Hall–Kier alpha value is -2.09. The summed E-state index contributed by atoms with van der Waals surface area (Å²) in [6.07, 6.45) is 6.05. The number of anilines is 2. The van der Waals surface area contributed by atoms with Gasteiger partial charge in [0, 0.05) is 19.1 Å². The fourth-order valence-corrected chi connectivity index (χ4v) is 4.88. The van der Waals surface area contributed by atoms with E-state index in [2.05, 4.69) is 27.5 Å². The zero-order chi connectivity index (χ0) is 23.0. The van der Waals surface area contributed by atoms with E-state index < -0.39 is 10.0 Å². The maximum atomic E-state index is 12.9. The molecule has 2 aromatic rings. The number of hydrogen-bond acceptors (Lipinski definition) is 5. The number of ether oxygens (including phenoxy) is 1.